The zero-order chi connectivity index (χ0) is 29.6. The predicted octanol–water partition coefficient (Wildman–Crippen LogP) is 6.56. The number of hydrogen-bond donors (Lipinski definition) is 0. The highest BCUT2D eigenvalue weighted by atomic mass is 35.5. The van der Waals surface area contributed by atoms with Crippen molar-refractivity contribution in [2.75, 3.05) is 22.3 Å². The van der Waals surface area contributed by atoms with Crippen LogP contribution in [0.15, 0.2) is 71.6 Å². The quantitative estimate of drug-likeness (QED) is 0.206. The van der Waals surface area contributed by atoms with Crippen molar-refractivity contribution in [3.05, 3.63) is 99.8 Å². The molecular formula is C31H30ClN5O3S2. The van der Waals surface area contributed by atoms with Gasteiger partial charge in [-0.1, -0.05) is 41.1 Å². The second kappa shape index (κ2) is 11.2. The molecule has 8 nitrogen and oxygen atoms in total. The monoisotopic (exact) mass is 619 g/mol. The third-order valence-corrected chi connectivity index (χ3v) is 10.6. The Kier molecular flexibility index (Phi) is 7.55. The van der Waals surface area contributed by atoms with E-state index < -0.39 is 10.0 Å². The summed E-state index contributed by atoms with van der Waals surface area (Å²) in [5.74, 6) is -0.272. The number of hydrogen-bond acceptors (Lipinski definition) is 6. The molecule has 216 valence electrons. The predicted molar refractivity (Wildman–Crippen MR) is 168 cm³/mol. The molecule has 3 heterocycles. The van der Waals surface area contributed by atoms with Gasteiger partial charge in [0.05, 0.1) is 33.0 Å². The molecular weight excluding hydrogens is 590 g/mol. The minimum absolute atomic E-state index is 0.148. The third-order valence-electron chi connectivity index (χ3n) is 7.51. The Balaban J connectivity index is 1.32. The number of amides is 1. The van der Waals surface area contributed by atoms with E-state index in [9.17, 15) is 13.2 Å². The van der Waals surface area contributed by atoms with Crippen molar-refractivity contribution in [1.82, 2.24) is 14.8 Å². The van der Waals surface area contributed by atoms with Gasteiger partial charge in [0, 0.05) is 29.4 Å². The lowest BCUT2D eigenvalue weighted by atomic mass is 10.0. The smallest absolute Gasteiger partial charge is 0.264 e. The van der Waals surface area contributed by atoms with Gasteiger partial charge >= 0.3 is 0 Å². The van der Waals surface area contributed by atoms with Crippen LogP contribution in [-0.2, 0) is 23.0 Å². The highest BCUT2D eigenvalue weighted by Gasteiger charge is 2.29. The Labute approximate surface area is 254 Å². The molecule has 3 aromatic carbocycles. The molecule has 1 aliphatic heterocycles. The van der Waals surface area contributed by atoms with Gasteiger partial charge in [-0.3, -0.25) is 18.7 Å². The van der Waals surface area contributed by atoms with Crippen LogP contribution in [0.4, 0.5) is 10.8 Å². The van der Waals surface area contributed by atoms with Gasteiger partial charge in [-0.25, -0.2) is 13.4 Å². The van der Waals surface area contributed by atoms with Crippen molar-refractivity contribution >= 4 is 59.9 Å². The largest absolute Gasteiger partial charge is 0.282 e. The number of aryl methyl sites for hydroxylation is 4. The fourth-order valence-corrected chi connectivity index (χ4v) is 8.43. The average Bonchev–Trinajstić information content (AvgIpc) is 3.54. The first-order chi connectivity index (χ1) is 20.1. The van der Waals surface area contributed by atoms with E-state index in [1.807, 2.05) is 67.9 Å². The molecule has 5 aromatic rings. The van der Waals surface area contributed by atoms with Crippen LogP contribution in [0.2, 0.25) is 5.02 Å². The number of anilines is 2. The van der Waals surface area contributed by atoms with Crippen molar-refractivity contribution < 1.29 is 13.2 Å². The summed E-state index contributed by atoms with van der Waals surface area (Å²) in [5, 5.41) is 5.71. The normalized spacial score (nSPS) is 13.4. The summed E-state index contributed by atoms with van der Waals surface area (Å²) in [6.45, 7) is 7.08. The van der Waals surface area contributed by atoms with E-state index in [-0.39, 0.29) is 10.8 Å². The van der Waals surface area contributed by atoms with E-state index in [4.69, 9.17) is 16.6 Å². The molecule has 0 radical (unpaired) electrons. The van der Waals surface area contributed by atoms with Gasteiger partial charge in [0.15, 0.2) is 5.13 Å². The Morgan fingerprint density at radius 3 is 2.55 bits per heavy atom. The molecule has 0 saturated heterocycles. The standard InChI is InChI=1S/C31H30ClN5O3S2/c1-20-17-25(32)19-28-29(20)33-31(41-28)35(15-16-36-22(3)18-21(2)34-36)30(38)24-10-12-26(13-11-24)42(39,40)37-14-6-8-23-7-4-5-9-27(23)37/h4-5,7,9-13,17-19H,6,8,14-16H2,1-3H3. The summed E-state index contributed by atoms with van der Waals surface area (Å²) in [5.41, 5.74) is 5.74. The van der Waals surface area contributed by atoms with Crippen LogP contribution >= 0.6 is 22.9 Å². The summed E-state index contributed by atoms with van der Waals surface area (Å²) in [4.78, 5) is 20.6. The van der Waals surface area contributed by atoms with E-state index >= 15 is 0 Å². The van der Waals surface area contributed by atoms with E-state index in [1.165, 1.54) is 27.8 Å². The third kappa shape index (κ3) is 5.30. The Hall–Kier alpha value is -3.73. The summed E-state index contributed by atoms with van der Waals surface area (Å²) in [7, 11) is -3.79. The molecule has 2 aromatic heterocycles. The highest BCUT2D eigenvalue weighted by Crippen LogP contribution is 2.35. The maximum Gasteiger partial charge on any atom is 0.264 e. The second-order valence-electron chi connectivity index (χ2n) is 10.5. The zero-order valence-corrected chi connectivity index (χ0v) is 25.9. The van der Waals surface area contributed by atoms with Crippen LogP contribution in [0.25, 0.3) is 10.2 Å². The highest BCUT2D eigenvalue weighted by molar-refractivity contribution is 7.92. The number of aromatic nitrogens is 3. The molecule has 1 amide bonds. The fraction of sp³-hybridized carbons (Fsp3) is 0.258. The molecule has 6 rings (SSSR count). The Bertz CT molecular complexity index is 1910. The number of carbonyl (C=O) groups excluding carboxylic acids is 1. The SMILES string of the molecule is Cc1cc(C)n(CCN(C(=O)c2ccc(S(=O)(=O)N3CCCc4ccccc43)cc2)c2nc3c(C)cc(Cl)cc3s2)n1. The van der Waals surface area contributed by atoms with Crippen LogP contribution in [0.5, 0.6) is 0 Å². The van der Waals surface area contributed by atoms with Crippen molar-refractivity contribution in [2.45, 2.75) is 45.1 Å². The number of carbonyl (C=O) groups is 1. The number of thiazole rings is 1. The lowest BCUT2D eigenvalue weighted by Gasteiger charge is -2.30. The first-order valence-electron chi connectivity index (χ1n) is 13.7. The first-order valence-corrected chi connectivity index (χ1v) is 16.4. The van der Waals surface area contributed by atoms with Crippen molar-refractivity contribution in [1.29, 1.82) is 0 Å². The van der Waals surface area contributed by atoms with Gasteiger partial charge in [-0.15, -0.1) is 0 Å². The number of para-hydroxylation sites is 1. The Morgan fingerprint density at radius 2 is 1.81 bits per heavy atom. The second-order valence-corrected chi connectivity index (χ2v) is 13.8. The molecule has 11 heteroatoms. The topological polar surface area (TPSA) is 88.4 Å². The molecule has 0 saturated carbocycles. The average molecular weight is 620 g/mol. The van der Waals surface area contributed by atoms with Crippen LogP contribution in [0.3, 0.4) is 0 Å². The maximum atomic E-state index is 14.0. The van der Waals surface area contributed by atoms with Crippen LogP contribution in [-0.4, -0.2) is 42.2 Å². The molecule has 0 spiro atoms. The van der Waals surface area contributed by atoms with Gasteiger partial charge in [-0.05, 0) is 93.3 Å². The lowest BCUT2D eigenvalue weighted by molar-refractivity contribution is 0.0985. The lowest BCUT2D eigenvalue weighted by Crippen LogP contribution is -2.36. The van der Waals surface area contributed by atoms with Crippen molar-refractivity contribution in [2.24, 2.45) is 0 Å². The Morgan fingerprint density at radius 1 is 1.05 bits per heavy atom. The van der Waals surface area contributed by atoms with Crippen LogP contribution in [0.1, 0.15) is 39.3 Å². The molecule has 0 aliphatic carbocycles. The van der Waals surface area contributed by atoms with E-state index in [0.717, 1.165) is 45.6 Å². The molecule has 0 unspecified atom stereocenters. The van der Waals surface area contributed by atoms with Crippen molar-refractivity contribution in [3.8, 4) is 0 Å². The first kappa shape index (κ1) is 28.4. The van der Waals surface area contributed by atoms with Gasteiger partial charge < -0.3 is 0 Å². The summed E-state index contributed by atoms with van der Waals surface area (Å²) in [6, 6.07) is 19.5. The molecule has 0 bridgehead atoms. The van der Waals surface area contributed by atoms with Crippen LogP contribution in [0, 0.1) is 20.8 Å². The molecule has 0 N–H and O–H groups in total. The fourth-order valence-electron chi connectivity index (χ4n) is 5.44. The number of halogens is 1. The number of sulfonamides is 1. The van der Waals surface area contributed by atoms with Crippen molar-refractivity contribution in [3.63, 3.8) is 0 Å². The summed E-state index contributed by atoms with van der Waals surface area (Å²) in [6.07, 6.45) is 1.60. The van der Waals surface area contributed by atoms with Gasteiger partial charge in [-0.2, -0.15) is 5.10 Å². The number of fused-ring (bicyclic) bond motifs is 2. The van der Waals surface area contributed by atoms with E-state index in [1.54, 1.807) is 17.0 Å². The zero-order valence-electron chi connectivity index (χ0n) is 23.5. The van der Waals surface area contributed by atoms with E-state index in [2.05, 4.69) is 5.10 Å². The van der Waals surface area contributed by atoms with Gasteiger partial charge in [0.2, 0.25) is 0 Å². The van der Waals surface area contributed by atoms with Crippen LogP contribution < -0.4 is 9.21 Å². The minimum Gasteiger partial charge on any atom is -0.282 e. The number of nitrogens with zero attached hydrogens (tertiary/aromatic N) is 5. The molecule has 1 aliphatic rings. The molecule has 0 atom stereocenters. The molecule has 42 heavy (non-hydrogen) atoms. The minimum atomic E-state index is -3.79. The number of rotatable bonds is 7. The van der Waals surface area contributed by atoms with E-state index in [0.29, 0.717) is 41.0 Å². The maximum absolute atomic E-state index is 14.0. The number of benzene rings is 3. The summed E-state index contributed by atoms with van der Waals surface area (Å²) < 4.78 is 31.5. The van der Waals surface area contributed by atoms with Gasteiger partial charge in [0.1, 0.15) is 0 Å². The summed E-state index contributed by atoms with van der Waals surface area (Å²) >= 11 is 7.70. The molecule has 0 fully saturated rings. The van der Waals surface area contributed by atoms with Gasteiger partial charge in [0.25, 0.3) is 15.9 Å².